The number of nitrogens with zero attached hydrogens (tertiary/aromatic N) is 1. The summed E-state index contributed by atoms with van der Waals surface area (Å²) >= 11 is 0. The van der Waals surface area contributed by atoms with Crippen molar-refractivity contribution in [3.8, 4) is 11.5 Å². The van der Waals surface area contributed by atoms with Gasteiger partial charge < -0.3 is 14.0 Å². The van der Waals surface area contributed by atoms with Crippen LogP contribution in [-0.2, 0) is 20.3 Å². The monoisotopic (exact) mass is 453 g/mol. The number of allylic oxidation sites excluding steroid dienone is 2. The van der Waals surface area contributed by atoms with Gasteiger partial charge in [-0.05, 0) is 55.1 Å². The number of rotatable bonds is 8. The number of hydrogen-bond donors (Lipinski definition) is 0. The van der Waals surface area contributed by atoms with Crippen molar-refractivity contribution >= 4 is 16.6 Å². The molecule has 1 heterocycles. The van der Waals surface area contributed by atoms with Gasteiger partial charge in [-0.15, -0.1) is 0 Å². The molecule has 4 rings (SSSR count). The molecule has 3 aromatic carbocycles. The zero-order valence-electron chi connectivity index (χ0n) is 19.6. The number of fused-ring (bicyclic) bond motifs is 1. The van der Waals surface area contributed by atoms with E-state index in [0.717, 1.165) is 22.2 Å². The zero-order valence-corrected chi connectivity index (χ0v) is 19.6. The third-order valence-corrected chi connectivity index (χ3v) is 5.76. The lowest BCUT2D eigenvalue weighted by Crippen LogP contribution is -2.21. The van der Waals surface area contributed by atoms with Crippen LogP contribution >= 0.6 is 0 Å². The number of carbonyl (C=O) groups is 1. The second-order valence-corrected chi connectivity index (χ2v) is 8.11. The second-order valence-electron chi connectivity index (χ2n) is 8.11. The van der Waals surface area contributed by atoms with Crippen molar-refractivity contribution in [3.05, 3.63) is 118 Å². The summed E-state index contributed by atoms with van der Waals surface area (Å²) in [6.45, 7) is 4.27. The van der Waals surface area contributed by atoms with Crippen LogP contribution in [0.25, 0.3) is 10.8 Å². The van der Waals surface area contributed by atoms with Gasteiger partial charge in [-0.3, -0.25) is 9.59 Å². The van der Waals surface area contributed by atoms with E-state index in [0.29, 0.717) is 22.4 Å². The summed E-state index contributed by atoms with van der Waals surface area (Å²) in [5.74, 6) is 1.24. The summed E-state index contributed by atoms with van der Waals surface area (Å²) in [6, 6.07) is 22.6. The van der Waals surface area contributed by atoms with Crippen molar-refractivity contribution in [2.24, 2.45) is 7.05 Å². The summed E-state index contributed by atoms with van der Waals surface area (Å²) in [7, 11) is 1.75. The molecule has 0 saturated carbocycles. The van der Waals surface area contributed by atoms with E-state index in [1.54, 1.807) is 23.8 Å². The van der Waals surface area contributed by atoms with Gasteiger partial charge in [0.1, 0.15) is 24.7 Å². The molecule has 0 atom stereocenters. The minimum absolute atomic E-state index is 0.0303. The Morgan fingerprint density at radius 3 is 2.38 bits per heavy atom. The molecule has 0 aliphatic carbocycles. The Morgan fingerprint density at radius 1 is 0.912 bits per heavy atom. The van der Waals surface area contributed by atoms with Crippen molar-refractivity contribution in [2.75, 3.05) is 0 Å². The number of aryl methyl sites for hydroxylation is 1. The fourth-order valence-corrected chi connectivity index (χ4v) is 3.95. The Hall–Kier alpha value is -4.12. The van der Waals surface area contributed by atoms with E-state index >= 15 is 0 Å². The number of hydrogen-bond acceptors (Lipinski definition) is 4. The van der Waals surface area contributed by atoms with Crippen LogP contribution < -0.4 is 15.0 Å². The van der Waals surface area contributed by atoms with Gasteiger partial charge in [-0.2, -0.15) is 0 Å². The maximum Gasteiger partial charge on any atom is 0.258 e. The third-order valence-electron chi connectivity index (χ3n) is 5.76. The van der Waals surface area contributed by atoms with Crippen LogP contribution in [0.15, 0.2) is 89.7 Å². The molecule has 0 spiro atoms. The quantitative estimate of drug-likeness (QED) is 0.251. The van der Waals surface area contributed by atoms with Crippen LogP contribution in [0.5, 0.6) is 11.5 Å². The van der Waals surface area contributed by atoms with Gasteiger partial charge in [0.2, 0.25) is 0 Å². The maximum atomic E-state index is 12.6. The Labute approximate surface area is 198 Å². The average Bonchev–Trinajstić information content (AvgIpc) is 2.84. The lowest BCUT2D eigenvalue weighted by molar-refractivity contribution is 0.104. The van der Waals surface area contributed by atoms with Crippen molar-refractivity contribution in [1.82, 2.24) is 4.57 Å². The van der Waals surface area contributed by atoms with E-state index in [4.69, 9.17) is 9.47 Å². The van der Waals surface area contributed by atoms with Gasteiger partial charge in [0.25, 0.3) is 5.56 Å². The number of carbonyl (C=O) groups excluding carboxylic acids is 1. The van der Waals surface area contributed by atoms with Crippen LogP contribution in [0.3, 0.4) is 0 Å². The van der Waals surface area contributed by atoms with Crippen LogP contribution in [-0.4, -0.2) is 10.4 Å². The molecule has 0 radical (unpaired) electrons. The highest BCUT2D eigenvalue weighted by molar-refractivity contribution is 6.06. The summed E-state index contributed by atoms with van der Waals surface area (Å²) in [5, 5.41) is 1.58. The average molecular weight is 454 g/mol. The molecule has 0 N–H and O–H groups in total. The van der Waals surface area contributed by atoms with Crippen molar-refractivity contribution < 1.29 is 14.3 Å². The van der Waals surface area contributed by atoms with Crippen LogP contribution in [0.1, 0.15) is 34.1 Å². The summed E-state index contributed by atoms with van der Waals surface area (Å²) < 4.78 is 13.6. The fraction of sp³-hybridized carbons (Fsp3) is 0.172. The molecule has 0 amide bonds. The minimum atomic E-state index is -0.0461. The first-order chi connectivity index (χ1) is 16.5. The van der Waals surface area contributed by atoms with Gasteiger partial charge in [0.05, 0.1) is 5.69 Å². The predicted octanol–water partition coefficient (Wildman–Crippen LogP) is 5.76. The van der Waals surface area contributed by atoms with E-state index in [1.165, 1.54) is 0 Å². The smallest absolute Gasteiger partial charge is 0.258 e. The topological polar surface area (TPSA) is 57.5 Å². The van der Waals surface area contributed by atoms with Crippen LogP contribution in [0.2, 0.25) is 0 Å². The van der Waals surface area contributed by atoms with Gasteiger partial charge in [0, 0.05) is 29.6 Å². The Morgan fingerprint density at radius 2 is 1.62 bits per heavy atom. The first kappa shape index (κ1) is 23.1. The molecule has 0 unspecified atom stereocenters. The van der Waals surface area contributed by atoms with Crippen molar-refractivity contribution in [3.63, 3.8) is 0 Å². The van der Waals surface area contributed by atoms with Gasteiger partial charge in [-0.1, -0.05) is 48.5 Å². The molecular weight excluding hydrogens is 426 g/mol. The van der Waals surface area contributed by atoms with Crippen molar-refractivity contribution in [1.29, 1.82) is 0 Å². The SMILES string of the molecule is CC=CC(=O)c1c(C)cccc1COc1cccc(OCc2cc3ccccc3c(=O)n2C)c1. The van der Waals surface area contributed by atoms with E-state index in [-0.39, 0.29) is 24.6 Å². The van der Waals surface area contributed by atoms with Gasteiger partial charge in [-0.25, -0.2) is 0 Å². The number of benzene rings is 3. The zero-order chi connectivity index (χ0) is 24.1. The molecule has 0 bridgehead atoms. The lowest BCUT2D eigenvalue weighted by Gasteiger charge is -2.14. The highest BCUT2D eigenvalue weighted by Gasteiger charge is 2.13. The first-order valence-corrected chi connectivity index (χ1v) is 11.2. The first-order valence-electron chi connectivity index (χ1n) is 11.2. The summed E-state index contributed by atoms with van der Waals surface area (Å²) in [4.78, 5) is 25.2. The molecule has 0 fully saturated rings. The molecule has 1 aromatic heterocycles. The highest BCUT2D eigenvalue weighted by Crippen LogP contribution is 2.23. The third kappa shape index (κ3) is 4.94. The standard InChI is InChI=1S/C29H27NO4/c1-4-9-27(31)28-20(2)10-7-12-22(28)18-33-24-13-8-14-25(17-24)34-19-23-16-21-11-5-6-15-26(21)29(32)30(23)3/h4-17H,18-19H2,1-3H3. The molecule has 5 heteroatoms. The molecule has 5 nitrogen and oxygen atoms in total. The van der Waals surface area contributed by atoms with E-state index in [2.05, 4.69) is 0 Å². The Bertz CT molecular complexity index is 1430. The van der Waals surface area contributed by atoms with Gasteiger partial charge in [0.15, 0.2) is 5.78 Å². The minimum Gasteiger partial charge on any atom is -0.489 e. The Balaban J connectivity index is 1.49. The van der Waals surface area contributed by atoms with E-state index in [9.17, 15) is 9.59 Å². The molecule has 0 aliphatic rings. The second kappa shape index (κ2) is 10.2. The van der Waals surface area contributed by atoms with E-state index in [1.807, 2.05) is 86.6 Å². The molecule has 0 saturated heterocycles. The highest BCUT2D eigenvalue weighted by atomic mass is 16.5. The molecule has 4 aromatic rings. The van der Waals surface area contributed by atoms with Gasteiger partial charge >= 0.3 is 0 Å². The molecule has 172 valence electrons. The molecule has 0 aliphatic heterocycles. The molecular formula is C29H27NO4. The molecule has 34 heavy (non-hydrogen) atoms. The lowest BCUT2D eigenvalue weighted by atomic mass is 9.98. The van der Waals surface area contributed by atoms with Crippen LogP contribution in [0.4, 0.5) is 0 Å². The number of ether oxygens (including phenoxy) is 2. The largest absolute Gasteiger partial charge is 0.489 e. The van der Waals surface area contributed by atoms with Crippen molar-refractivity contribution in [2.45, 2.75) is 27.1 Å². The fourth-order valence-electron chi connectivity index (χ4n) is 3.95. The maximum absolute atomic E-state index is 12.6. The predicted molar refractivity (Wildman–Crippen MR) is 135 cm³/mol. The summed E-state index contributed by atoms with van der Waals surface area (Å²) in [5.41, 5.74) is 3.16. The summed E-state index contributed by atoms with van der Waals surface area (Å²) in [6.07, 6.45) is 3.31. The van der Waals surface area contributed by atoms with Crippen LogP contribution in [0, 0.1) is 6.92 Å². The number of ketones is 1. The Kier molecular flexibility index (Phi) is 6.93. The number of aromatic nitrogens is 1. The number of pyridine rings is 1. The van der Waals surface area contributed by atoms with E-state index < -0.39 is 0 Å². The normalized spacial score (nSPS) is 11.1.